The van der Waals surface area contributed by atoms with E-state index in [1.54, 1.807) is 25.1 Å². The first kappa shape index (κ1) is 14.3. The van der Waals surface area contributed by atoms with Crippen LogP contribution in [0.1, 0.15) is 11.4 Å². The topological polar surface area (TPSA) is 63.0 Å². The number of benzene rings is 2. The van der Waals surface area contributed by atoms with E-state index in [0.29, 0.717) is 22.4 Å². The van der Waals surface area contributed by atoms with Crippen LogP contribution >= 0.6 is 0 Å². The van der Waals surface area contributed by atoms with Gasteiger partial charge in [0.15, 0.2) is 0 Å². The van der Waals surface area contributed by atoms with Crippen LogP contribution in [0.5, 0.6) is 0 Å². The zero-order valence-electron chi connectivity index (χ0n) is 12.8. The summed E-state index contributed by atoms with van der Waals surface area (Å²) in [5.41, 5.74) is 1.83. The molecule has 0 spiro atoms. The zero-order valence-corrected chi connectivity index (χ0v) is 12.8. The largest absolute Gasteiger partial charge is 0.349 e. The number of hydrogen-bond acceptors (Lipinski definition) is 3. The molecule has 2 aromatic heterocycles. The molecule has 0 saturated carbocycles. The number of aromatic nitrogens is 3. The highest BCUT2D eigenvalue weighted by Gasteiger charge is 2.12. The highest BCUT2D eigenvalue weighted by atomic mass is 19.1. The molecule has 0 saturated heterocycles. The number of aryl methyl sites for hydroxylation is 1. The van der Waals surface area contributed by atoms with E-state index < -0.39 is 5.82 Å². The van der Waals surface area contributed by atoms with Crippen LogP contribution in [0.4, 0.5) is 4.39 Å². The second-order valence-corrected chi connectivity index (χ2v) is 5.44. The van der Waals surface area contributed by atoms with Crippen LogP contribution in [0, 0.1) is 12.7 Å². The maximum Gasteiger partial charge on any atom is 0.298 e. The Morgan fingerprint density at radius 3 is 2.75 bits per heavy atom. The summed E-state index contributed by atoms with van der Waals surface area (Å²) in [5.74, 6) is 0.0384. The van der Waals surface area contributed by atoms with Crippen molar-refractivity contribution in [2.24, 2.45) is 5.10 Å². The van der Waals surface area contributed by atoms with E-state index in [4.69, 9.17) is 0 Å². The van der Waals surface area contributed by atoms with Gasteiger partial charge in [0.2, 0.25) is 0 Å². The third-order valence-electron chi connectivity index (χ3n) is 3.88. The Morgan fingerprint density at radius 1 is 1.17 bits per heavy atom. The van der Waals surface area contributed by atoms with E-state index in [1.807, 2.05) is 24.3 Å². The summed E-state index contributed by atoms with van der Waals surface area (Å²) in [6, 6.07) is 13.8. The normalized spacial score (nSPS) is 11.8. The fourth-order valence-corrected chi connectivity index (χ4v) is 2.70. The molecule has 6 heteroatoms. The van der Waals surface area contributed by atoms with Crippen molar-refractivity contribution in [1.82, 2.24) is 14.6 Å². The number of rotatable bonds is 2. The third kappa shape index (κ3) is 2.20. The first-order valence-corrected chi connectivity index (χ1v) is 7.44. The van der Waals surface area contributed by atoms with E-state index in [0.717, 1.165) is 10.9 Å². The highest BCUT2D eigenvalue weighted by molar-refractivity contribution is 6.04. The summed E-state index contributed by atoms with van der Waals surface area (Å²) < 4.78 is 14.9. The van der Waals surface area contributed by atoms with Crippen molar-refractivity contribution in [3.8, 4) is 0 Å². The molecule has 4 rings (SSSR count). The van der Waals surface area contributed by atoms with Gasteiger partial charge in [-0.2, -0.15) is 9.78 Å². The lowest BCUT2D eigenvalue weighted by molar-refractivity contribution is 0.625. The van der Waals surface area contributed by atoms with Gasteiger partial charge < -0.3 is 4.98 Å². The summed E-state index contributed by atoms with van der Waals surface area (Å²) >= 11 is 0. The number of halogens is 1. The van der Waals surface area contributed by atoms with Crippen molar-refractivity contribution < 1.29 is 4.39 Å². The van der Waals surface area contributed by atoms with Gasteiger partial charge >= 0.3 is 0 Å². The Morgan fingerprint density at radius 2 is 1.92 bits per heavy atom. The molecule has 5 nitrogen and oxygen atoms in total. The minimum absolute atomic E-state index is 0.306. The Balaban J connectivity index is 1.92. The van der Waals surface area contributed by atoms with Crippen LogP contribution < -0.4 is 5.56 Å². The number of para-hydroxylation sites is 1. The fraction of sp³-hybridized carbons (Fsp3) is 0.0556. The molecule has 0 bridgehead atoms. The lowest BCUT2D eigenvalue weighted by atomic mass is 10.2. The van der Waals surface area contributed by atoms with E-state index in [-0.39, 0.29) is 5.56 Å². The quantitative estimate of drug-likeness (QED) is 0.576. The van der Waals surface area contributed by atoms with Crippen LogP contribution in [-0.2, 0) is 0 Å². The van der Waals surface area contributed by atoms with Crippen LogP contribution in [0.2, 0.25) is 0 Å². The first-order valence-electron chi connectivity index (χ1n) is 7.44. The second-order valence-electron chi connectivity index (χ2n) is 5.44. The molecule has 2 aromatic carbocycles. The number of aromatic amines is 1. The van der Waals surface area contributed by atoms with Crippen molar-refractivity contribution in [2.75, 3.05) is 0 Å². The van der Waals surface area contributed by atoms with Gasteiger partial charge in [0.25, 0.3) is 5.56 Å². The molecule has 0 aliphatic heterocycles. The smallest absolute Gasteiger partial charge is 0.298 e. The van der Waals surface area contributed by atoms with Gasteiger partial charge in [-0.1, -0.05) is 36.4 Å². The summed E-state index contributed by atoms with van der Waals surface area (Å²) in [6.45, 7) is 1.70. The molecular weight excluding hydrogens is 307 g/mol. The standard InChI is InChI=1S/C18H13FN4O/c1-11-21-16-13-7-3-5-9-15(13)22-17(16)18(24)23(11)20-10-12-6-2-4-8-14(12)19/h2-10,22H,1H3. The minimum atomic E-state index is -0.397. The van der Waals surface area contributed by atoms with Gasteiger partial charge in [0.05, 0.1) is 6.21 Å². The first-order chi connectivity index (χ1) is 11.6. The van der Waals surface area contributed by atoms with Crippen LogP contribution in [0.15, 0.2) is 58.4 Å². The van der Waals surface area contributed by atoms with E-state index in [1.165, 1.54) is 17.0 Å². The molecular formula is C18H13FN4O. The number of nitrogens with one attached hydrogen (secondary N) is 1. The van der Waals surface area contributed by atoms with Crippen molar-refractivity contribution in [2.45, 2.75) is 6.92 Å². The van der Waals surface area contributed by atoms with Crippen molar-refractivity contribution >= 4 is 28.2 Å². The number of nitrogens with zero attached hydrogens (tertiary/aromatic N) is 3. The SMILES string of the molecule is Cc1nc2c([nH]c3ccccc32)c(=O)n1N=Cc1ccccc1F. The summed E-state index contributed by atoms with van der Waals surface area (Å²) in [5, 5.41) is 5.00. The predicted octanol–water partition coefficient (Wildman–Crippen LogP) is 3.21. The van der Waals surface area contributed by atoms with Gasteiger partial charge in [0, 0.05) is 16.5 Å². The average molecular weight is 320 g/mol. The van der Waals surface area contributed by atoms with Gasteiger partial charge in [0.1, 0.15) is 22.7 Å². The monoisotopic (exact) mass is 320 g/mol. The molecule has 0 radical (unpaired) electrons. The van der Waals surface area contributed by atoms with E-state index in [2.05, 4.69) is 15.1 Å². The summed E-state index contributed by atoms with van der Waals surface area (Å²) in [7, 11) is 0. The number of hydrogen-bond donors (Lipinski definition) is 1. The second kappa shape index (κ2) is 5.42. The van der Waals surface area contributed by atoms with Gasteiger partial charge in [-0.25, -0.2) is 9.37 Å². The van der Waals surface area contributed by atoms with E-state index >= 15 is 0 Å². The number of fused-ring (bicyclic) bond motifs is 3. The molecule has 2 heterocycles. The van der Waals surface area contributed by atoms with Gasteiger partial charge in [-0.15, -0.1) is 0 Å². The summed E-state index contributed by atoms with van der Waals surface area (Å²) in [4.78, 5) is 20.3. The zero-order chi connectivity index (χ0) is 16.7. The Labute approximate surface area is 136 Å². The van der Waals surface area contributed by atoms with E-state index in [9.17, 15) is 9.18 Å². The molecule has 0 fully saturated rings. The molecule has 0 amide bonds. The Hall–Kier alpha value is -3.28. The molecule has 118 valence electrons. The fourth-order valence-electron chi connectivity index (χ4n) is 2.70. The number of H-pyrrole nitrogens is 1. The molecule has 24 heavy (non-hydrogen) atoms. The average Bonchev–Trinajstić information content (AvgIpc) is 2.95. The molecule has 0 aliphatic carbocycles. The third-order valence-corrected chi connectivity index (χ3v) is 3.88. The lowest BCUT2D eigenvalue weighted by Gasteiger charge is -2.03. The predicted molar refractivity (Wildman–Crippen MR) is 92.0 cm³/mol. The highest BCUT2D eigenvalue weighted by Crippen LogP contribution is 2.21. The van der Waals surface area contributed by atoms with Crippen LogP contribution in [0.3, 0.4) is 0 Å². The van der Waals surface area contributed by atoms with Crippen molar-refractivity contribution in [3.63, 3.8) is 0 Å². The minimum Gasteiger partial charge on any atom is -0.349 e. The molecule has 4 aromatic rings. The van der Waals surface area contributed by atoms with Crippen LogP contribution in [0.25, 0.3) is 21.9 Å². The molecule has 0 unspecified atom stereocenters. The van der Waals surface area contributed by atoms with Gasteiger partial charge in [-0.3, -0.25) is 4.79 Å². The Bertz CT molecular complexity index is 1160. The van der Waals surface area contributed by atoms with Crippen molar-refractivity contribution in [1.29, 1.82) is 0 Å². The summed E-state index contributed by atoms with van der Waals surface area (Å²) in [6.07, 6.45) is 1.32. The van der Waals surface area contributed by atoms with Crippen LogP contribution in [-0.4, -0.2) is 20.9 Å². The maximum absolute atomic E-state index is 13.7. The van der Waals surface area contributed by atoms with Crippen molar-refractivity contribution in [3.05, 3.63) is 76.1 Å². The molecule has 1 N–H and O–H groups in total. The van der Waals surface area contributed by atoms with Gasteiger partial charge in [-0.05, 0) is 19.1 Å². The molecule has 0 aliphatic rings. The molecule has 0 atom stereocenters. The lowest BCUT2D eigenvalue weighted by Crippen LogP contribution is -2.20. The maximum atomic E-state index is 13.7. The Kier molecular flexibility index (Phi) is 3.23.